The predicted molar refractivity (Wildman–Crippen MR) is 84.3 cm³/mol. The van der Waals surface area contributed by atoms with Gasteiger partial charge in [0.25, 0.3) is 0 Å². The Bertz CT molecular complexity index is 716. The lowest BCUT2D eigenvalue weighted by atomic mass is 10.1. The standard InChI is InChI=1S/C14H17ClN2O2S/c1-17(7-8-20(2,18)19)14-13-6-4-3-5-11(13)9-12(10-15)16-14/h3-6,9H,7-8,10H2,1-2H3. The van der Waals surface area contributed by atoms with Crippen LogP contribution in [0.4, 0.5) is 5.82 Å². The van der Waals surface area contributed by atoms with Crippen LogP contribution in [0.25, 0.3) is 10.8 Å². The highest BCUT2D eigenvalue weighted by Crippen LogP contribution is 2.25. The van der Waals surface area contributed by atoms with E-state index in [-0.39, 0.29) is 5.75 Å². The zero-order valence-corrected chi connectivity index (χ0v) is 13.1. The average Bonchev–Trinajstić information content (AvgIpc) is 2.42. The summed E-state index contributed by atoms with van der Waals surface area (Å²) in [5, 5.41) is 2.05. The van der Waals surface area contributed by atoms with Crippen molar-refractivity contribution in [2.75, 3.05) is 30.5 Å². The van der Waals surface area contributed by atoms with Gasteiger partial charge in [0.2, 0.25) is 0 Å². The van der Waals surface area contributed by atoms with Crippen LogP contribution in [-0.2, 0) is 15.7 Å². The minimum Gasteiger partial charge on any atom is -0.358 e. The van der Waals surface area contributed by atoms with E-state index in [1.807, 2.05) is 42.3 Å². The van der Waals surface area contributed by atoms with E-state index < -0.39 is 9.84 Å². The smallest absolute Gasteiger partial charge is 0.149 e. The number of sulfone groups is 1. The first-order valence-electron chi connectivity index (χ1n) is 6.24. The van der Waals surface area contributed by atoms with Gasteiger partial charge in [0, 0.05) is 25.2 Å². The molecule has 0 aliphatic heterocycles. The number of nitrogens with zero attached hydrogens (tertiary/aromatic N) is 2. The first kappa shape index (κ1) is 15.1. The quantitative estimate of drug-likeness (QED) is 0.796. The number of halogens is 1. The molecule has 0 aliphatic carbocycles. The summed E-state index contributed by atoms with van der Waals surface area (Å²) in [7, 11) is -1.15. The van der Waals surface area contributed by atoms with Gasteiger partial charge in [-0.15, -0.1) is 11.6 Å². The average molecular weight is 313 g/mol. The predicted octanol–water partition coefficient (Wildman–Crippen LogP) is 2.45. The van der Waals surface area contributed by atoms with Gasteiger partial charge in [-0.3, -0.25) is 0 Å². The first-order valence-corrected chi connectivity index (χ1v) is 8.84. The molecular formula is C14H17ClN2O2S. The van der Waals surface area contributed by atoms with Gasteiger partial charge in [0.15, 0.2) is 0 Å². The van der Waals surface area contributed by atoms with E-state index in [4.69, 9.17) is 11.6 Å². The normalized spacial score (nSPS) is 11.8. The zero-order valence-electron chi connectivity index (χ0n) is 11.5. The Labute approximate surface area is 124 Å². The summed E-state index contributed by atoms with van der Waals surface area (Å²) in [6.07, 6.45) is 1.24. The van der Waals surface area contributed by atoms with Gasteiger partial charge < -0.3 is 4.90 Å². The van der Waals surface area contributed by atoms with E-state index in [2.05, 4.69) is 4.98 Å². The van der Waals surface area contributed by atoms with Gasteiger partial charge >= 0.3 is 0 Å². The minimum absolute atomic E-state index is 0.102. The Morgan fingerprint density at radius 2 is 2.00 bits per heavy atom. The second kappa shape index (κ2) is 5.97. The Kier molecular flexibility index (Phi) is 4.50. The molecule has 0 unspecified atom stereocenters. The number of aromatic nitrogens is 1. The van der Waals surface area contributed by atoms with Crippen LogP contribution in [0.1, 0.15) is 5.69 Å². The molecule has 0 saturated carbocycles. The fourth-order valence-corrected chi connectivity index (χ4v) is 2.75. The third-order valence-electron chi connectivity index (χ3n) is 3.07. The van der Waals surface area contributed by atoms with E-state index in [1.165, 1.54) is 6.26 Å². The number of fused-ring (bicyclic) bond motifs is 1. The lowest BCUT2D eigenvalue weighted by Gasteiger charge is -2.20. The number of pyridine rings is 1. The molecule has 108 valence electrons. The van der Waals surface area contributed by atoms with Crippen molar-refractivity contribution in [1.82, 2.24) is 4.98 Å². The van der Waals surface area contributed by atoms with Gasteiger partial charge in [-0.2, -0.15) is 0 Å². The Morgan fingerprint density at radius 1 is 1.30 bits per heavy atom. The fraction of sp³-hybridized carbons (Fsp3) is 0.357. The van der Waals surface area contributed by atoms with Crippen molar-refractivity contribution in [2.24, 2.45) is 0 Å². The SMILES string of the molecule is CN(CCS(C)(=O)=O)c1nc(CCl)cc2ccccc12. The molecule has 4 nitrogen and oxygen atoms in total. The molecule has 2 rings (SSSR count). The van der Waals surface area contributed by atoms with Crippen LogP contribution < -0.4 is 4.90 Å². The zero-order chi connectivity index (χ0) is 14.8. The third kappa shape index (κ3) is 3.61. The van der Waals surface area contributed by atoms with Gasteiger partial charge in [-0.05, 0) is 11.5 Å². The summed E-state index contributed by atoms with van der Waals surface area (Å²) in [5.41, 5.74) is 0.784. The molecule has 1 heterocycles. The molecule has 1 aromatic carbocycles. The van der Waals surface area contributed by atoms with Crippen molar-refractivity contribution >= 4 is 38.0 Å². The maximum absolute atomic E-state index is 11.3. The molecule has 0 spiro atoms. The largest absolute Gasteiger partial charge is 0.358 e. The van der Waals surface area contributed by atoms with Crippen molar-refractivity contribution in [3.63, 3.8) is 0 Å². The molecule has 6 heteroatoms. The van der Waals surface area contributed by atoms with Crippen LogP contribution >= 0.6 is 11.6 Å². The number of hydrogen-bond acceptors (Lipinski definition) is 4. The Morgan fingerprint density at radius 3 is 2.65 bits per heavy atom. The van der Waals surface area contributed by atoms with Crippen LogP contribution in [0.2, 0.25) is 0 Å². The van der Waals surface area contributed by atoms with Crippen LogP contribution in [-0.4, -0.2) is 39.0 Å². The fourth-order valence-electron chi connectivity index (χ4n) is 2.00. The molecule has 0 aliphatic rings. The van der Waals surface area contributed by atoms with Crippen molar-refractivity contribution in [2.45, 2.75) is 5.88 Å². The highest BCUT2D eigenvalue weighted by molar-refractivity contribution is 7.90. The summed E-state index contributed by atoms with van der Waals surface area (Å²) in [6, 6.07) is 9.84. The molecule has 0 fully saturated rings. The molecule has 0 N–H and O–H groups in total. The molecule has 0 bridgehead atoms. The molecule has 0 atom stereocenters. The van der Waals surface area contributed by atoms with E-state index >= 15 is 0 Å². The highest BCUT2D eigenvalue weighted by atomic mass is 35.5. The Hall–Kier alpha value is -1.33. The number of alkyl halides is 1. The molecular weight excluding hydrogens is 296 g/mol. The lowest BCUT2D eigenvalue weighted by Crippen LogP contribution is -2.26. The summed E-state index contributed by atoms with van der Waals surface area (Å²) in [4.78, 5) is 6.38. The van der Waals surface area contributed by atoms with Crippen molar-refractivity contribution in [1.29, 1.82) is 0 Å². The highest BCUT2D eigenvalue weighted by Gasteiger charge is 2.12. The van der Waals surface area contributed by atoms with E-state index in [0.717, 1.165) is 22.3 Å². The van der Waals surface area contributed by atoms with Crippen molar-refractivity contribution in [3.8, 4) is 0 Å². The molecule has 2 aromatic rings. The summed E-state index contributed by atoms with van der Waals surface area (Å²) in [5.74, 6) is 1.20. The number of hydrogen-bond donors (Lipinski definition) is 0. The molecule has 0 radical (unpaired) electrons. The molecule has 20 heavy (non-hydrogen) atoms. The van der Waals surface area contributed by atoms with E-state index in [1.54, 1.807) is 0 Å². The van der Waals surface area contributed by atoms with Crippen LogP contribution in [0.15, 0.2) is 30.3 Å². The Balaban J connectivity index is 2.41. The van der Waals surface area contributed by atoms with E-state index in [9.17, 15) is 8.42 Å². The lowest BCUT2D eigenvalue weighted by molar-refractivity contribution is 0.601. The van der Waals surface area contributed by atoms with Crippen molar-refractivity contribution < 1.29 is 8.42 Å². The topological polar surface area (TPSA) is 50.3 Å². The molecule has 1 aromatic heterocycles. The van der Waals surface area contributed by atoms with E-state index in [0.29, 0.717) is 12.4 Å². The second-order valence-electron chi connectivity index (χ2n) is 4.84. The van der Waals surface area contributed by atoms with Gasteiger partial charge in [-0.1, -0.05) is 24.3 Å². The number of benzene rings is 1. The van der Waals surface area contributed by atoms with Crippen LogP contribution in [0.5, 0.6) is 0 Å². The van der Waals surface area contributed by atoms with Crippen molar-refractivity contribution in [3.05, 3.63) is 36.0 Å². The molecule has 0 amide bonds. The maximum atomic E-state index is 11.3. The first-order chi connectivity index (χ1) is 9.40. The second-order valence-corrected chi connectivity index (χ2v) is 7.37. The number of anilines is 1. The number of rotatable bonds is 5. The van der Waals surface area contributed by atoms with Gasteiger partial charge in [0.05, 0.1) is 17.3 Å². The van der Waals surface area contributed by atoms with Gasteiger partial charge in [0.1, 0.15) is 15.7 Å². The summed E-state index contributed by atoms with van der Waals surface area (Å²) < 4.78 is 22.6. The van der Waals surface area contributed by atoms with Crippen LogP contribution in [0.3, 0.4) is 0 Å². The molecule has 0 saturated heterocycles. The van der Waals surface area contributed by atoms with Crippen LogP contribution in [0, 0.1) is 0 Å². The summed E-state index contributed by atoms with van der Waals surface area (Å²) >= 11 is 5.88. The monoisotopic (exact) mass is 312 g/mol. The summed E-state index contributed by atoms with van der Waals surface area (Å²) in [6.45, 7) is 0.404. The third-order valence-corrected chi connectivity index (χ3v) is 4.27. The minimum atomic E-state index is -2.99. The maximum Gasteiger partial charge on any atom is 0.149 e. The van der Waals surface area contributed by atoms with Gasteiger partial charge in [-0.25, -0.2) is 13.4 Å².